The van der Waals surface area contributed by atoms with Gasteiger partial charge in [0.1, 0.15) is 6.10 Å². The Kier molecular flexibility index (Phi) is 2.72. The number of aromatic nitrogens is 1. The lowest BCUT2D eigenvalue weighted by atomic mass is 10.2. The molecule has 17 heavy (non-hydrogen) atoms. The Labute approximate surface area is 96.5 Å². The quantitative estimate of drug-likeness (QED) is 0.793. The second-order valence-corrected chi connectivity index (χ2v) is 3.77. The molecule has 0 aliphatic heterocycles. The van der Waals surface area contributed by atoms with Crippen molar-refractivity contribution in [3.8, 4) is 0 Å². The average Bonchev–Trinajstić information content (AvgIpc) is 2.65. The molecule has 1 aromatic heterocycles. The van der Waals surface area contributed by atoms with E-state index in [4.69, 9.17) is 4.42 Å². The molecule has 2 rings (SSSR count). The molecular weight excluding hydrogens is 224 g/mol. The number of likely N-dealkylation sites (N-methyl/N-ethyl adjacent to an activating group) is 1. The predicted molar refractivity (Wildman–Crippen MR) is 61.9 cm³/mol. The third-order valence-electron chi connectivity index (χ3n) is 2.48. The van der Waals surface area contributed by atoms with Crippen molar-refractivity contribution < 1.29 is 14.3 Å². The number of H-pyrrole nitrogens is 1. The highest BCUT2D eigenvalue weighted by atomic mass is 16.4. The maximum absolute atomic E-state index is 11.6. The lowest BCUT2D eigenvalue weighted by molar-refractivity contribution is -0.125. The summed E-state index contributed by atoms with van der Waals surface area (Å²) >= 11 is 0. The van der Waals surface area contributed by atoms with Crippen molar-refractivity contribution in [2.75, 3.05) is 11.9 Å². The van der Waals surface area contributed by atoms with Gasteiger partial charge < -0.3 is 14.4 Å². The van der Waals surface area contributed by atoms with Crippen LogP contribution in [-0.2, 0) is 4.79 Å². The fourth-order valence-electron chi connectivity index (χ4n) is 1.56. The van der Waals surface area contributed by atoms with Crippen LogP contribution in [0.4, 0.5) is 5.69 Å². The minimum atomic E-state index is -1.07. The number of carbonyl (C=O) groups excluding carboxylic acids is 1. The molecular formula is C11H12N2O4. The maximum Gasteiger partial charge on any atom is 0.417 e. The number of aliphatic hydroxyl groups is 1. The minimum absolute atomic E-state index is 0.421. The molecule has 1 amide bonds. The highest BCUT2D eigenvalue weighted by Crippen LogP contribution is 2.19. The normalized spacial score (nSPS) is 12.6. The van der Waals surface area contributed by atoms with Crippen LogP contribution in [0.2, 0.25) is 0 Å². The number of fused-ring (bicyclic) bond motifs is 1. The van der Waals surface area contributed by atoms with Gasteiger partial charge in [-0.3, -0.25) is 9.78 Å². The van der Waals surface area contributed by atoms with Gasteiger partial charge in [-0.25, -0.2) is 4.79 Å². The molecule has 1 atom stereocenters. The van der Waals surface area contributed by atoms with Crippen molar-refractivity contribution in [2.45, 2.75) is 13.0 Å². The van der Waals surface area contributed by atoms with Crippen LogP contribution in [0, 0.1) is 0 Å². The molecule has 0 spiro atoms. The Hall–Kier alpha value is -2.08. The van der Waals surface area contributed by atoms with Crippen LogP contribution >= 0.6 is 0 Å². The molecule has 0 aliphatic rings. The third-order valence-corrected chi connectivity index (χ3v) is 2.48. The summed E-state index contributed by atoms with van der Waals surface area (Å²) in [5.41, 5.74) is 1.51. The molecule has 0 radical (unpaired) electrons. The standard InChI is InChI=1S/C11H12N2O4/c1-6(14)10(15)13(2)7-3-4-9-8(5-7)12-11(16)17-9/h3-6,14H,1-2H3,(H,12,16). The average molecular weight is 236 g/mol. The summed E-state index contributed by atoms with van der Waals surface area (Å²) in [6.07, 6.45) is -1.07. The summed E-state index contributed by atoms with van der Waals surface area (Å²) in [5.74, 6) is -0.961. The number of aliphatic hydroxyl groups excluding tert-OH is 1. The fraction of sp³-hybridized carbons (Fsp3) is 0.273. The van der Waals surface area contributed by atoms with E-state index in [1.54, 1.807) is 25.2 Å². The number of nitrogens with one attached hydrogen (secondary N) is 1. The molecule has 0 saturated carbocycles. The highest BCUT2D eigenvalue weighted by molar-refractivity contribution is 5.97. The van der Waals surface area contributed by atoms with E-state index in [0.717, 1.165) is 0 Å². The topological polar surface area (TPSA) is 86.5 Å². The van der Waals surface area contributed by atoms with E-state index in [1.165, 1.54) is 11.8 Å². The number of amides is 1. The number of oxazole rings is 1. The number of rotatable bonds is 2. The number of benzene rings is 1. The number of hydrogen-bond acceptors (Lipinski definition) is 4. The van der Waals surface area contributed by atoms with E-state index in [-0.39, 0.29) is 0 Å². The van der Waals surface area contributed by atoms with Gasteiger partial charge in [0.2, 0.25) is 0 Å². The molecule has 90 valence electrons. The monoisotopic (exact) mass is 236 g/mol. The van der Waals surface area contributed by atoms with E-state index in [9.17, 15) is 14.7 Å². The molecule has 0 bridgehead atoms. The van der Waals surface area contributed by atoms with E-state index in [2.05, 4.69) is 4.98 Å². The lowest BCUT2D eigenvalue weighted by Crippen LogP contribution is -2.34. The van der Waals surface area contributed by atoms with Crippen LogP contribution in [0.1, 0.15) is 6.92 Å². The van der Waals surface area contributed by atoms with Gasteiger partial charge in [0, 0.05) is 12.7 Å². The van der Waals surface area contributed by atoms with E-state index >= 15 is 0 Å². The summed E-state index contributed by atoms with van der Waals surface area (Å²) in [7, 11) is 1.55. The Bertz CT molecular complexity index is 611. The zero-order valence-corrected chi connectivity index (χ0v) is 9.43. The molecule has 2 N–H and O–H groups in total. The number of aromatic amines is 1. The molecule has 0 saturated heterocycles. The zero-order chi connectivity index (χ0) is 12.6. The van der Waals surface area contributed by atoms with Gasteiger partial charge in [-0.15, -0.1) is 0 Å². The SMILES string of the molecule is CC(O)C(=O)N(C)c1ccc2oc(=O)[nH]c2c1. The van der Waals surface area contributed by atoms with Crippen molar-refractivity contribution in [3.05, 3.63) is 28.7 Å². The molecule has 0 aliphatic carbocycles. The number of nitrogens with zero attached hydrogens (tertiary/aromatic N) is 1. The fourth-order valence-corrected chi connectivity index (χ4v) is 1.56. The second-order valence-electron chi connectivity index (χ2n) is 3.77. The first-order chi connectivity index (χ1) is 7.99. The Morgan fingerprint density at radius 3 is 2.88 bits per heavy atom. The number of hydrogen-bond donors (Lipinski definition) is 2. The van der Waals surface area contributed by atoms with Crippen molar-refractivity contribution in [1.82, 2.24) is 4.98 Å². The first-order valence-corrected chi connectivity index (χ1v) is 5.07. The van der Waals surface area contributed by atoms with Gasteiger partial charge in [-0.05, 0) is 25.1 Å². The Balaban J connectivity index is 2.42. The van der Waals surface area contributed by atoms with Crippen molar-refractivity contribution in [3.63, 3.8) is 0 Å². The number of anilines is 1. The van der Waals surface area contributed by atoms with E-state index in [0.29, 0.717) is 16.8 Å². The van der Waals surface area contributed by atoms with Gasteiger partial charge in [0.25, 0.3) is 5.91 Å². The molecule has 1 unspecified atom stereocenters. The Morgan fingerprint density at radius 1 is 1.53 bits per heavy atom. The molecule has 1 aromatic carbocycles. The van der Waals surface area contributed by atoms with E-state index in [1.807, 2.05) is 0 Å². The van der Waals surface area contributed by atoms with Gasteiger partial charge in [0.05, 0.1) is 5.52 Å². The molecule has 6 heteroatoms. The zero-order valence-electron chi connectivity index (χ0n) is 9.43. The van der Waals surface area contributed by atoms with Gasteiger partial charge >= 0.3 is 5.76 Å². The first-order valence-electron chi connectivity index (χ1n) is 5.07. The smallest absolute Gasteiger partial charge is 0.408 e. The third kappa shape index (κ3) is 2.07. The molecule has 6 nitrogen and oxygen atoms in total. The predicted octanol–water partition coefficient (Wildman–Crippen LogP) is 0.465. The van der Waals surface area contributed by atoms with Crippen LogP contribution in [0.5, 0.6) is 0 Å². The summed E-state index contributed by atoms with van der Waals surface area (Å²) < 4.78 is 4.85. The highest BCUT2D eigenvalue weighted by Gasteiger charge is 2.16. The minimum Gasteiger partial charge on any atom is -0.408 e. The van der Waals surface area contributed by atoms with Crippen molar-refractivity contribution >= 4 is 22.7 Å². The first kappa shape index (κ1) is 11.4. The summed E-state index contributed by atoms with van der Waals surface area (Å²) in [6, 6.07) is 4.84. The Morgan fingerprint density at radius 2 is 2.24 bits per heavy atom. The largest absolute Gasteiger partial charge is 0.417 e. The van der Waals surface area contributed by atoms with Crippen molar-refractivity contribution in [2.24, 2.45) is 0 Å². The lowest BCUT2D eigenvalue weighted by Gasteiger charge is -2.18. The summed E-state index contributed by atoms with van der Waals surface area (Å²) in [4.78, 5) is 26.3. The van der Waals surface area contributed by atoms with E-state index < -0.39 is 17.8 Å². The summed E-state index contributed by atoms with van der Waals surface area (Å²) in [6.45, 7) is 1.40. The molecule has 0 fully saturated rings. The number of carbonyl (C=O) groups is 1. The van der Waals surface area contributed by atoms with Gasteiger partial charge in [-0.2, -0.15) is 0 Å². The van der Waals surface area contributed by atoms with Crippen LogP contribution in [0.15, 0.2) is 27.4 Å². The van der Waals surface area contributed by atoms with Gasteiger partial charge in [-0.1, -0.05) is 0 Å². The van der Waals surface area contributed by atoms with Crippen LogP contribution in [-0.4, -0.2) is 29.1 Å². The molecule has 1 heterocycles. The maximum atomic E-state index is 11.6. The van der Waals surface area contributed by atoms with Crippen LogP contribution in [0.3, 0.4) is 0 Å². The van der Waals surface area contributed by atoms with Gasteiger partial charge in [0.15, 0.2) is 5.58 Å². The van der Waals surface area contributed by atoms with Crippen LogP contribution < -0.4 is 10.7 Å². The van der Waals surface area contributed by atoms with Crippen LogP contribution in [0.25, 0.3) is 11.1 Å². The second kappa shape index (κ2) is 4.06. The van der Waals surface area contributed by atoms with Crippen molar-refractivity contribution in [1.29, 1.82) is 0 Å². The summed E-state index contributed by atoms with van der Waals surface area (Å²) in [5, 5.41) is 9.20. The molecule has 2 aromatic rings.